The minimum Gasteiger partial charge on any atom is -0.344 e. The summed E-state index contributed by atoms with van der Waals surface area (Å²) in [5.41, 5.74) is 1.42. The molecule has 10 heteroatoms. The molecule has 37 heavy (non-hydrogen) atoms. The van der Waals surface area contributed by atoms with Crippen molar-refractivity contribution in [2.45, 2.75) is 49.4 Å². The monoisotopic (exact) mass is 520 g/mol. The Morgan fingerprint density at radius 3 is 2.43 bits per heavy atom. The van der Waals surface area contributed by atoms with Gasteiger partial charge in [-0.25, -0.2) is 22.4 Å². The second-order valence-electron chi connectivity index (χ2n) is 10.1. The first-order valence-electron chi connectivity index (χ1n) is 12.4. The molecular weight excluding hydrogens is 488 g/mol. The Kier molecular flexibility index (Phi) is 8.06. The lowest BCUT2D eigenvalue weighted by Crippen LogP contribution is -2.47. The van der Waals surface area contributed by atoms with E-state index in [0.717, 1.165) is 0 Å². The Morgan fingerprint density at radius 2 is 1.81 bits per heavy atom. The number of halogens is 4. The molecule has 0 radical (unpaired) electrons. The van der Waals surface area contributed by atoms with E-state index in [1.165, 1.54) is 17.0 Å². The fourth-order valence-electron chi connectivity index (χ4n) is 5.01. The lowest BCUT2D eigenvalue weighted by molar-refractivity contribution is -0.126. The molecule has 1 aliphatic heterocycles. The normalized spacial score (nSPS) is 22.2. The smallest absolute Gasteiger partial charge is 0.316 e. The van der Waals surface area contributed by atoms with E-state index >= 15 is 4.39 Å². The molecule has 6 nitrogen and oxygen atoms in total. The molecule has 1 saturated heterocycles. The second kappa shape index (κ2) is 11.1. The lowest BCUT2D eigenvalue weighted by Gasteiger charge is -2.35. The third-order valence-electron chi connectivity index (χ3n) is 7.04. The molecule has 2 N–H and O–H groups in total. The van der Waals surface area contributed by atoms with Gasteiger partial charge < -0.3 is 15.5 Å². The van der Waals surface area contributed by atoms with Gasteiger partial charge in [-0.1, -0.05) is 42.5 Å². The van der Waals surface area contributed by atoms with Crippen molar-refractivity contribution >= 4 is 11.9 Å². The Bertz CT molecular complexity index is 1110. The standard InChI is InChI=1S/C27H32F4N4O2/c1-34(2)26(37)32-10-11-35-16-20(28)13-23(35)25(36)33-24(17-6-4-3-5-7-17)18-8-9-21(22(29)12-18)19-14-27(30,31)15-19/h3-9,12,19-20,23-24H,10-11,13-16H2,1-2H3,(H,32,37)(H,33,36)/t20-,23+,24+/m1/s1. The van der Waals surface area contributed by atoms with E-state index in [1.807, 2.05) is 6.07 Å². The quantitative estimate of drug-likeness (QED) is 0.513. The molecular formula is C27H32F4N4O2. The summed E-state index contributed by atoms with van der Waals surface area (Å²) in [7, 11) is 3.22. The Hall–Kier alpha value is -3.14. The second-order valence-corrected chi connectivity index (χ2v) is 10.1. The molecule has 2 aromatic rings. The van der Waals surface area contributed by atoms with Crippen LogP contribution >= 0.6 is 0 Å². The van der Waals surface area contributed by atoms with Gasteiger partial charge in [0.2, 0.25) is 11.8 Å². The minimum absolute atomic E-state index is 0.0121. The van der Waals surface area contributed by atoms with Gasteiger partial charge in [-0.05, 0) is 28.7 Å². The predicted octanol–water partition coefficient (Wildman–Crippen LogP) is 4.23. The van der Waals surface area contributed by atoms with Crippen LogP contribution in [-0.2, 0) is 4.79 Å². The van der Waals surface area contributed by atoms with Crippen LogP contribution in [-0.4, -0.2) is 73.6 Å². The average molecular weight is 521 g/mol. The van der Waals surface area contributed by atoms with Crippen molar-refractivity contribution in [2.24, 2.45) is 0 Å². The summed E-state index contributed by atoms with van der Waals surface area (Å²) in [6.07, 6.45) is -1.93. The number of hydrogen-bond donors (Lipinski definition) is 2. The Labute approximate surface area is 214 Å². The molecule has 0 aromatic heterocycles. The maximum atomic E-state index is 15.0. The van der Waals surface area contributed by atoms with Gasteiger partial charge in [0.05, 0.1) is 12.1 Å². The zero-order valence-corrected chi connectivity index (χ0v) is 20.9. The van der Waals surface area contributed by atoms with Crippen molar-refractivity contribution < 1.29 is 27.2 Å². The largest absolute Gasteiger partial charge is 0.344 e. The van der Waals surface area contributed by atoms with Gasteiger partial charge in [0.25, 0.3) is 0 Å². The minimum atomic E-state index is -2.76. The highest BCUT2D eigenvalue weighted by molar-refractivity contribution is 5.83. The van der Waals surface area contributed by atoms with E-state index in [-0.39, 0.29) is 43.9 Å². The maximum Gasteiger partial charge on any atom is 0.316 e. The zero-order valence-electron chi connectivity index (χ0n) is 20.9. The van der Waals surface area contributed by atoms with Gasteiger partial charge in [0.15, 0.2) is 0 Å². The van der Waals surface area contributed by atoms with E-state index in [9.17, 15) is 22.8 Å². The fourth-order valence-corrected chi connectivity index (χ4v) is 5.01. The molecule has 2 fully saturated rings. The summed E-state index contributed by atoms with van der Waals surface area (Å²) < 4.78 is 56.0. The first kappa shape index (κ1) is 26.9. The molecule has 1 aliphatic carbocycles. The third-order valence-corrected chi connectivity index (χ3v) is 7.04. The number of nitrogens with one attached hydrogen (secondary N) is 2. The van der Waals surface area contributed by atoms with E-state index in [1.54, 1.807) is 49.3 Å². The van der Waals surface area contributed by atoms with Crippen molar-refractivity contribution in [3.63, 3.8) is 0 Å². The van der Waals surface area contributed by atoms with Crippen LogP contribution in [0.1, 0.15) is 47.9 Å². The summed E-state index contributed by atoms with van der Waals surface area (Å²) in [6.45, 7) is 0.618. The van der Waals surface area contributed by atoms with Crippen LogP contribution in [0.2, 0.25) is 0 Å². The molecule has 200 valence electrons. The Balaban J connectivity index is 1.50. The molecule has 0 spiro atoms. The summed E-state index contributed by atoms with van der Waals surface area (Å²) >= 11 is 0. The molecule has 1 heterocycles. The van der Waals surface area contributed by atoms with Gasteiger partial charge in [0.1, 0.15) is 12.0 Å². The predicted molar refractivity (Wildman–Crippen MR) is 132 cm³/mol. The van der Waals surface area contributed by atoms with Gasteiger partial charge in [-0.15, -0.1) is 0 Å². The SMILES string of the molecule is CN(C)C(=O)NCCN1C[C@H](F)C[C@H]1C(=O)N[C@@H](c1ccccc1)c1ccc(C2CC(F)(F)C2)c(F)c1. The number of carbonyl (C=O) groups is 2. The first-order chi connectivity index (χ1) is 17.5. The van der Waals surface area contributed by atoms with Gasteiger partial charge in [-0.3, -0.25) is 9.69 Å². The van der Waals surface area contributed by atoms with Crippen LogP contribution in [0.15, 0.2) is 48.5 Å². The van der Waals surface area contributed by atoms with E-state index in [2.05, 4.69) is 10.6 Å². The van der Waals surface area contributed by atoms with Crippen LogP contribution in [0.4, 0.5) is 22.4 Å². The first-order valence-corrected chi connectivity index (χ1v) is 12.4. The van der Waals surface area contributed by atoms with Crippen LogP contribution in [0.5, 0.6) is 0 Å². The molecule has 3 amide bonds. The summed E-state index contributed by atoms with van der Waals surface area (Å²) in [5, 5.41) is 5.66. The summed E-state index contributed by atoms with van der Waals surface area (Å²) in [4.78, 5) is 28.2. The number of nitrogens with zero attached hydrogens (tertiary/aromatic N) is 2. The topological polar surface area (TPSA) is 64.7 Å². The highest BCUT2D eigenvalue weighted by Gasteiger charge is 2.46. The summed E-state index contributed by atoms with van der Waals surface area (Å²) in [5.74, 6) is -4.28. The molecule has 3 atom stereocenters. The number of amides is 3. The van der Waals surface area contributed by atoms with Crippen molar-refractivity contribution in [3.8, 4) is 0 Å². The van der Waals surface area contributed by atoms with E-state index in [0.29, 0.717) is 17.7 Å². The average Bonchev–Trinajstić information content (AvgIpc) is 3.21. The van der Waals surface area contributed by atoms with Crippen LogP contribution in [0, 0.1) is 5.82 Å². The van der Waals surface area contributed by atoms with Gasteiger partial charge in [-0.2, -0.15) is 0 Å². The van der Waals surface area contributed by atoms with Crippen LogP contribution < -0.4 is 10.6 Å². The third kappa shape index (κ3) is 6.41. The lowest BCUT2D eigenvalue weighted by atomic mass is 9.76. The van der Waals surface area contributed by atoms with Gasteiger partial charge in [0, 0.05) is 53.0 Å². The van der Waals surface area contributed by atoms with Gasteiger partial charge >= 0.3 is 6.03 Å². The number of alkyl halides is 3. The highest BCUT2D eigenvalue weighted by atomic mass is 19.3. The van der Waals surface area contributed by atoms with Crippen molar-refractivity contribution in [1.29, 1.82) is 0 Å². The number of likely N-dealkylation sites (tertiary alicyclic amines) is 1. The van der Waals surface area contributed by atoms with Crippen LogP contribution in [0.25, 0.3) is 0 Å². The fraction of sp³-hybridized carbons (Fsp3) is 0.481. The Morgan fingerprint density at radius 1 is 1.11 bits per heavy atom. The van der Waals surface area contributed by atoms with Crippen LogP contribution in [0.3, 0.4) is 0 Å². The maximum absolute atomic E-state index is 15.0. The number of carbonyl (C=O) groups excluding carboxylic acids is 2. The number of rotatable bonds is 8. The molecule has 0 bridgehead atoms. The molecule has 1 saturated carbocycles. The molecule has 2 aliphatic rings. The molecule has 2 aromatic carbocycles. The van der Waals surface area contributed by atoms with Crippen molar-refractivity contribution in [1.82, 2.24) is 20.4 Å². The highest BCUT2D eigenvalue weighted by Crippen LogP contribution is 2.49. The summed E-state index contributed by atoms with van der Waals surface area (Å²) in [6, 6.07) is 11.7. The molecule has 4 rings (SSSR count). The van der Waals surface area contributed by atoms with Crippen molar-refractivity contribution in [3.05, 3.63) is 71.0 Å². The number of urea groups is 1. The van der Waals surface area contributed by atoms with E-state index < -0.39 is 41.8 Å². The number of hydrogen-bond acceptors (Lipinski definition) is 3. The van der Waals surface area contributed by atoms with Crippen molar-refractivity contribution in [2.75, 3.05) is 33.7 Å². The zero-order chi connectivity index (χ0) is 26.7. The van der Waals surface area contributed by atoms with E-state index in [4.69, 9.17) is 0 Å². The molecule has 0 unspecified atom stereocenters. The number of benzene rings is 2.